The number of hydrogen-bond acceptors (Lipinski definition) is 4. The molecule has 0 bridgehead atoms. The third-order valence-corrected chi connectivity index (χ3v) is 4.48. The molecule has 1 unspecified atom stereocenters. The standard InChI is InChI=1S/C19H22FN3O2/c1-14-12-22(13-15-3-5-16(20)6-4-15)9-10-23(14)19(24)18-11-17(25-2)7-8-21-18/h3-8,11,14H,9-10,12-13H2,1-2H3. The van der Waals surface area contributed by atoms with Gasteiger partial charge in [-0.3, -0.25) is 14.7 Å². The molecule has 1 aliphatic rings. The van der Waals surface area contributed by atoms with Crippen LogP contribution in [0.5, 0.6) is 5.75 Å². The maximum Gasteiger partial charge on any atom is 0.272 e. The van der Waals surface area contributed by atoms with Crippen molar-refractivity contribution in [2.45, 2.75) is 19.5 Å². The zero-order valence-electron chi connectivity index (χ0n) is 14.5. The maximum absolute atomic E-state index is 13.0. The van der Waals surface area contributed by atoms with Crippen LogP contribution in [-0.4, -0.2) is 53.5 Å². The van der Waals surface area contributed by atoms with Crippen LogP contribution in [0, 0.1) is 5.82 Å². The Morgan fingerprint density at radius 1 is 1.28 bits per heavy atom. The number of ether oxygens (including phenoxy) is 1. The number of halogens is 1. The van der Waals surface area contributed by atoms with Gasteiger partial charge in [0.15, 0.2) is 0 Å². The summed E-state index contributed by atoms with van der Waals surface area (Å²) < 4.78 is 18.2. The van der Waals surface area contributed by atoms with Crippen LogP contribution in [0.25, 0.3) is 0 Å². The lowest BCUT2D eigenvalue weighted by Crippen LogP contribution is -2.53. The molecule has 2 aromatic rings. The second-order valence-corrected chi connectivity index (χ2v) is 6.29. The molecular weight excluding hydrogens is 321 g/mol. The smallest absolute Gasteiger partial charge is 0.272 e. The average Bonchev–Trinajstić information content (AvgIpc) is 2.63. The van der Waals surface area contributed by atoms with Crippen molar-refractivity contribution < 1.29 is 13.9 Å². The predicted molar refractivity (Wildman–Crippen MR) is 93.0 cm³/mol. The first-order chi connectivity index (χ1) is 12.1. The van der Waals surface area contributed by atoms with Crippen LogP contribution >= 0.6 is 0 Å². The molecule has 25 heavy (non-hydrogen) atoms. The third-order valence-electron chi connectivity index (χ3n) is 4.48. The van der Waals surface area contributed by atoms with Gasteiger partial charge >= 0.3 is 0 Å². The topological polar surface area (TPSA) is 45.7 Å². The van der Waals surface area contributed by atoms with Gasteiger partial charge in [-0.15, -0.1) is 0 Å². The fourth-order valence-electron chi connectivity index (χ4n) is 3.13. The Morgan fingerprint density at radius 3 is 2.72 bits per heavy atom. The fourth-order valence-corrected chi connectivity index (χ4v) is 3.13. The minimum atomic E-state index is -0.224. The van der Waals surface area contributed by atoms with Crippen molar-refractivity contribution in [1.82, 2.24) is 14.8 Å². The summed E-state index contributed by atoms with van der Waals surface area (Å²) in [5, 5.41) is 0. The van der Waals surface area contributed by atoms with Crippen molar-refractivity contribution in [1.29, 1.82) is 0 Å². The summed E-state index contributed by atoms with van der Waals surface area (Å²) in [5.74, 6) is 0.326. The van der Waals surface area contributed by atoms with Gasteiger partial charge in [0.2, 0.25) is 0 Å². The molecule has 6 heteroatoms. The van der Waals surface area contributed by atoms with Crippen LogP contribution in [0.3, 0.4) is 0 Å². The quantitative estimate of drug-likeness (QED) is 0.856. The van der Waals surface area contributed by atoms with E-state index in [9.17, 15) is 9.18 Å². The zero-order chi connectivity index (χ0) is 17.8. The van der Waals surface area contributed by atoms with E-state index in [2.05, 4.69) is 9.88 Å². The summed E-state index contributed by atoms with van der Waals surface area (Å²) in [7, 11) is 1.57. The van der Waals surface area contributed by atoms with E-state index in [1.54, 1.807) is 37.6 Å². The van der Waals surface area contributed by atoms with Crippen molar-refractivity contribution in [2.24, 2.45) is 0 Å². The Hall–Kier alpha value is -2.47. The van der Waals surface area contributed by atoms with Gasteiger partial charge in [-0.05, 0) is 30.7 Å². The molecule has 1 atom stereocenters. The summed E-state index contributed by atoms with van der Waals surface area (Å²) in [6.07, 6.45) is 1.58. The molecule has 0 radical (unpaired) electrons. The largest absolute Gasteiger partial charge is 0.497 e. The number of pyridine rings is 1. The van der Waals surface area contributed by atoms with Crippen molar-refractivity contribution in [3.05, 3.63) is 59.7 Å². The molecule has 1 aromatic carbocycles. The molecule has 0 N–H and O–H groups in total. The number of nitrogens with zero attached hydrogens (tertiary/aromatic N) is 3. The molecule has 0 aliphatic carbocycles. The molecule has 1 amide bonds. The molecule has 0 spiro atoms. The molecule has 5 nitrogen and oxygen atoms in total. The van der Waals surface area contributed by atoms with Crippen LogP contribution in [0.1, 0.15) is 23.0 Å². The molecule has 0 saturated carbocycles. The highest BCUT2D eigenvalue weighted by atomic mass is 19.1. The van der Waals surface area contributed by atoms with Gasteiger partial charge in [0.1, 0.15) is 17.3 Å². The summed E-state index contributed by atoms with van der Waals surface area (Å²) in [4.78, 5) is 21.0. The Labute approximate surface area is 147 Å². The Morgan fingerprint density at radius 2 is 2.04 bits per heavy atom. The van der Waals surface area contributed by atoms with Crippen molar-refractivity contribution >= 4 is 5.91 Å². The lowest BCUT2D eigenvalue weighted by Gasteiger charge is -2.39. The first kappa shape index (κ1) is 17.4. The van der Waals surface area contributed by atoms with E-state index in [0.29, 0.717) is 18.0 Å². The predicted octanol–water partition coefficient (Wildman–Crippen LogP) is 2.58. The average molecular weight is 343 g/mol. The number of amides is 1. The summed E-state index contributed by atoms with van der Waals surface area (Å²) >= 11 is 0. The molecular formula is C19H22FN3O2. The van der Waals surface area contributed by atoms with E-state index in [1.807, 2.05) is 11.8 Å². The molecule has 2 heterocycles. The van der Waals surface area contributed by atoms with Crippen LogP contribution in [0.15, 0.2) is 42.6 Å². The first-order valence-corrected chi connectivity index (χ1v) is 8.34. The number of hydrogen-bond donors (Lipinski definition) is 0. The van der Waals surface area contributed by atoms with Gasteiger partial charge in [0, 0.05) is 44.5 Å². The van der Waals surface area contributed by atoms with Crippen molar-refractivity contribution in [3.63, 3.8) is 0 Å². The SMILES string of the molecule is COc1ccnc(C(=O)N2CCN(Cc3ccc(F)cc3)CC2C)c1. The number of carbonyl (C=O) groups is 1. The van der Waals surface area contributed by atoms with Gasteiger partial charge in [-0.25, -0.2) is 4.39 Å². The Balaban J connectivity index is 1.63. The highest BCUT2D eigenvalue weighted by Gasteiger charge is 2.28. The number of rotatable bonds is 4. The van der Waals surface area contributed by atoms with Gasteiger partial charge in [0.05, 0.1) is 7.11 Å². The van der Waals surface area contributed by atoms with E-state index in [0.717, 1.165) is 25.2 Å². The van der Waals surface area contributed by atoms with E-state index in [1.165, 1.54) is 12.1 Å². The van der Waals surface area contributed by atoms with Crippen molar-refractivity contribution in [3.8, 4) is 5.75 Å². The molecule has 1 saturated heterocycles. The van der Waals surface area contributed by atoms with Crippen LogP contribution in [0.4, 0.5) is 4.39 Å². The number of aromatic nitrogens is 1. The molecule has 1 fully saturated rings. The van der Waals surface area contributed by atoms with E-state index >= 15 is 0 Å². The number of benzene rings is 1. The van der Waals surface area contributed by atoms with E-state index in [4.69, 9.17) is 4.74 Å². The molecule has 1 aliphatic heterocycles. The number of piperazine rings is 1. The van der Waals surface area contributed by atoms with Crippen LogP contribution in [0.2, 0.25) is 0 Å². The number of methoxy groups -OCH3 is 1. The minimum absolute atomic E-state index is 0.0761. The highest BCUT2D eigenvalue weighted by molar-refractivity contribution is 5.93. The molecule has 132 valence electrons. The lowest BCUT2D eigenvalue weighted by molar-refractivity contribution is 0.0469. The third kappa shape index (κ3) is 4.14. The fraction of sp³-hybridized carbons (Fsp3) is 0.368. The first-order valence-electron chi connectivity index (χ1n) is 8.34. The Bertz CT molecular complexity index is 736. The summed E-state index contributed by atoms with van der Waals surface area (Å²) in [6.45, 7) is 4.98. The van der Waals surface area contributed by atoms with Gasteiger partial charge < -0.3 is 9.64 Å². The highest BCUT2D eigenvalue weighted by Crippen LogP contribution is 2.18. The van der Waals surface area contributed by atoms with Crippen LogP contribution in [-0.2, 0) is 6.54 Å². The maximum atomic E-state index is 13.0. The summed E-state index contributed by atoms with van der Waals surface area (Å²) in [6, 6.07) is 10.0. The second kappa shape index (κ2) is 7.61. The zero-order valence-corrected chi connectivity index (χ0v) is 14.5. The lowest BCUT2D eigenvalue weighted by atomic mass is 10.1. The van der Waals surface area contributed by atoms with Crippen LogP contribution < -0.4 is 4.74 Å². The van der Waals surface area contributed by atoms with Crippen molar-refractivity contribution in [2.75, 3.05) is 26.7 Å². The Kier molecular flexibility index (Phi) is 5.28. The normalized spacial score (nSPS) is 18.2. The van der Waals surface area contributed by atoms with Gasteiger partial charge in [0.25, 0.3) is 5.91 Å². The summed E-state index contributed by atoms with van der Waals surface area (Å²) in [5.41, 5.74) is 1.47. The second-order valence-electron chi connectivity index (χ2n) is 6.29. The van der Waals surface area contributed by atoms with E-state index in [-0.39, 0.29) is 17.8 Å². The molecule has 3 rings (SSSR count). The van der Waals surface area contributed by atoms with Gasteiger partial charge in [-0.2, -0.15) is 0 Å². The monoisotopic (exact) mass is 343 g/mol. The molecule has 1 aromatic heterocycles. The number of carbonyl (C=O) groups excluding carboxylic acids is 1. The van der Waals surface area contributed by atoms with E-state index < -0.39 is 0 Å². The van der Waals surface area contributed by atoms with Gasteiger partial charge in [-0.1, -0.05) is 12.1 Å². The minimum Gasteiger partial charge on any atom is -0.497 e.